The van der Waals surface area contributed by atoms with E-state index in [4.69, 9.17) is 14.6 Å². The van der Waals surface area contributed by atoms with E-state index >= 15 is 0 Å². The molecule has 0 saturated carbocycles. The van der Waals surface area contributed by atoms with Gasteiger partial charge in [-0.3, -0.25) is 4.99 Å². The first-order chi connectivity index (χ1) is 18.8. The number of ether oxygens (including phenoxy) is 2. The minimum atomic E-state index is -0.667. The SMILES string of the molecule is C/C=C(\C(=NC)OC)c1ccc2cnc(Nc3ccc(C4CCN(CC(C)(C)O)CC4)cc3OC)nn12.CC. The quantitative estimate of drug-likeness (QED) is 0.288. The fourth-order valence-electron chi connectivity index (χ4n) is 5.02. The van der Waals surface area contributed by atoms with Crippen molar-refractivity contribution in [3.05, 3.63) is 53.9 Å². The summed E-state index contributed by atoms with van der Waals surface area (Å²) in [5.41, 5.74) is 3.98. The molecule has 0 bridgehead atoms. The van der Waals surface area contributed by atoms with E-state index in [1.165, 1.54) is 5.56 Å². The maximum Gasteiger partial charge on any atom is 0.245 e. The minimum absolute atomic E-state index is 0.457. The molecule has 9 heteroatoms. The molecule has 39 heavy (non-hydrogen) atoms. The number of nitrogens with one attached hydrogen (secondary N) is 1. The van der Waals surface area contributed by atoms with Crippen LogP contribution in [0.1, 0.15) is 64.6 Å². The molecule has 3 heterocycles. The molecule has 4 rings (SSSR count). The zero-order valence-corrected chi connectivity index (χ0v) is 24.7. The van der Waals surface area contributed by atoms with E-state index in [0.717, 1.165) is 54.2 Å². The zero-order chi connectivity index (χ0) is 28.6. The first-order valence-corrected chi connectivity index (χ1v) is 13.7. The highest BCUT2D eigenvalue weighted by Gasteiger charge is 2.25. The third-order valence-corrected chi connectivity index (χ3v) is 6.73. The van der Waals surface area contributed by atoms with E-state index in [1.54, 1.807) is 27.5 Å². The first kappa shape index (κ1) is 30.1. The lowest BCUT2D eigenvalue weighted by atomic mass is 9.88. The largest absolute Gasteiger partial charge is 0.495 e. The average molecular weight is 537 g/mol. The Hall–Kier alpha value is -3.43. The predicted octanol–water partition coefficient (Wildman–Crippen LogP) is 5.54. The average Bonchev–Trinajstić information content (AvgIpc) is 3.35. The number of benzene rings is 1. The number of nitrogens with zero attached hydrogens (tertiary/aromatic N) is 5. The van der Waals surface area contributed by atoms with Crippen LogP contribution in [0.4, 0.5) is 11.6 Å². The molecule has 1 fully saturated rings. The highest BCUT2D eigenvalue weighted by molar-refractivity contribution is 6.19. The number of hydrogen-bond acceptors (Lipinski definition) is 8. The Morgan fingerprint density at radius 2 is 1.90 bits per heavy atom. The van der Waals surface area contributed by atoms with Crippen LogP contribution in [0.5, 0.6) is 5.75 Å². The van der Waals surface area contributed by atoms with Crippen LogP contribution in [0.25, 0.3) is 11.1 Å². The number of likely N-dealkylation sites (tertiary alicyclic amines) is 1. The number of anilines is 2. The minimum Gasteiger partial charge on any atom is -0.495 e. The van der Waals surface area contributed by atoms with Gasteiger partial charge >= 0.3 is 0 Å². The van der Waals surface area contributed by atoms with Crippen LogP contribution in [-0.2, 0) is 4.74 Å². The number of piperidine rings is 1. The lowest BCUT2D eigenvalue weighted by Crippen LogP contribution is -2.42. The number of aliphatic hydroxyl groups is 1. The summed E-state index contributed by atoms with van der Waals surface area (Å²) in [5, 5.41) is 18.2. The lowest BCUT2D eigenvalue weighted by Gasteiger charge is -2.35. The van der Waals surface area contributed by atoms with Gasteiger partial charge < -0.3 is 24.8 Å². The molecule has 0 unspecified atom stereocenters. The van der Waals surface area contributed by atoms with Gasteiger partial charge in [0.15, 0.2) is 0 Å². The molecular formula is C30H44N6O3. The number of methoxy groups -OCH3 is 2. The summed E-state index contributed by atoms with van der Waals surface area (Å²) < 4.78 is 13.0. The summed E-state index contributed by atoms with van der Waals surface area (Å²) >= 11 is 0. The molecule has 1 aromatic carbocycles. The van der Waals surface area contributed by atoms with Crippen LogP contribution in [0, 0.1) is 0 Å². The molecule has 0 atom stereocenters. The molecule has 3 aromatic rings. The van der Waals surface area contributed by atoms with Gasteiger partial charge in [0.05, 0.1) is 48.5 Å². The van der Waals surface area contributed by atoms with Crippen LogP contribution in [0.15, 0.2) is 47.6 Å². The van der Waals surface area contributed by atoms with E-state index in [9.17, 15) is 5.11 Å². The Balaban J connectivity index is 0.00000205. The van der Waals surface area contributed by atoms with Crippen molar-refractivity contribution in [3.63, 3.8) is 0 Å². The number of fused-ring (bicyclic) bond motifs is 1. The number of aliphatic imine (C=N–C) groups is 1. The van der Waals surface area contributed by atoms with E-state index < -0.39 is 5.60 Å². The molecule has 0 aliphatic carbocycles. The van der Waals surface area contributed by atoms with Crippen molar-refractivity contribution in [2.24, 2.45) is 4.99 Å². The molecule has 0 radical (unpaired) electrons. The van der Waals surface area contributed by atoms with Gasteiger partial charge in [-0.2, -0.15) is 0 Å². The van der Waals surface area contributed by atoms with Gasteiger partial charge in [-0.15, -0.1) is 5.10 Å². The Bertz CT molecular complexity index is 1280. The van der Waals surface area contributed by atoms with Crippen molar-refractivity contribution in [2.75, 3.05) is 46.2 Å². The Kier molecular flexibility index (Phi) is 10.5. The molecule has 1 saturated heterocycles. The van der Waals surface area contributed by atoms with Crippen molar-refractivity contribution < 1.29 is 14.6 Å². The highest BCUT2D eigenvalue weighted by Crippen LogP contribution is 2.35. The van der Waals surface area contributed by atoms with E-state index in [-0.39, 0.29) is 0 Å². The van der Waals surface area contributed by atoms with E-state index in [2.05, 4.69) is 32.3 Å². The standard InChI is InChI=1S/C28H38N6O3.C2H6/c1-7-22(26(29-4)37-6)24-11-9-21-17-30-27(32-34(21)24)31-23-10-8-20(16-25(23)36-5)19-12-14-33(15-13-19)18-28(2,3)35;1-2/h7-11,16-17,19,35H,12-15,18H2,1-6H3,(H,31,32);1-2H3/b22-7-,29-26?;. The van der Waals surface area contributed by atoms with E-state index in [0.29, 0.717) is 24.3 Å². The van der Waals surface area contributed by atoms with Crippen LogP contribution >= 0.6 is 0 Å². The van der Waals surface area contributed by atoms with Crippen molar-refractivity contribution in [2.45, 2.75) is 59.0 Å². The predicted molar refractivity (Wildman–Crippen MR) is 159 cm³/mol. The maximum atomic E-state index is 10.1. The van der Waals surface area contributed by atoms with Gasteiger partial charge in [0.25, 0.3) is 0 Å². The van der Waals surface area contributed by atoms with Crippen molar-refractivity contribution in [1.82, 2.24) is 19.5 Å². The second kappa shape index (κ2) is 13.6. The van der Waals surface area contributed by atoms with Gasteiger partial charge in [0.1, 0.15) is 5.75 Å². The topological polar surface area (TPSA) is 96.5 Å². The highest BCUT2D eigenvalue weighted by atomic mass is 16.5. The molecule has 0 amide bonds. The number of rotatable bonds is 8. The summed E-state index contributed by atoms with van der Waals surface area (Å²) in [6.07, 6.45) is 5.85. The molecule has 9 nitrogen and oxygen atoms in total. The van der Waals surface area contributed by atoms with Crippen LogP contribution in [-0.4, -0.2) is 77.0 Å². The summed E-state index contributed by atoms with van der Waals surface area (Å²) in [5.74, 6) is 2.21. The second-order valence-electron chi connectivity index (χ2n) is 10.0. The van der Waals surface area contributed by atoms with Crippen molar-refractivity contribution in [1.29, 1.82) is 0 Å². The van der Waals surface area contributed by atoms with Crippen LogP contribution in [0.3, 0.4) is 0 Å². The molecule has 2 aromatic heterocycles. The summed E-state index contributed by atoms with van der Waals surface area (Å²) in [6, 6.07) is 10.2. The van der Waals surface area contributed by atoms with Gasteiger partial charge in [-0.1, -0.05) is 26.0 Å². The van der Waals surface area contributed by atoms with E-state index in [1.807, 2.05) is 63.4 Å². The molecule has 1 aliphatic rings. The number of aromatic nitrogens is 3. The third kappa shape index (κ3) is 7.36. The van der Waals surface area contributed by atoms with Gasteiger partial charge in [-0.25, -0.2) is 9.50 Å². The second-order valence-corrected chi connectivity index (χ2v) is 10.0. The lowest BCUT2D eigenvalue weighted by molar-refractivity contribution is 0.0282. The number of β-amino-alcohol motifs (C(OH)–C–C–N with tert-alkyl or cyclic N) is 1. The fraction of sp³-hybridized carbons (Fsp3) is 0.500. The molecule has 212 valence electrons. The zero-order valence-electron chi connectivity index (χ0n) is 24.7. The molecule has 2 N–H and O–H groups in total. The van der Waals surface area contributed by atoms with Crippen molar-refractivity contribution >= 4 is 28.6 Å². The van der Waals surface area contributed by atoms with Crippen LogP contribution < -0.4 is 10.1 Å². The number of hydrogen-bond donors (Lipinski definition) is 2. The smallest absolute Gasteiger partial charge is 0.245 e. The first-order valence-electron chi connectivity index (χ1n) is 13.7. The van der Waals surface area contributed by atoms with Crippen molar-refractivity contribution in [3.8, 4) is 5.75 Å². The third-order valence-electron chi connectivity index (χ3n) is 6.73. The Labute approximate surface area is 232 Å². The summed E-state index contributed by atoms with van der Waals surface area (Å²) in [6.45, 7) is 12.3. The molecular weight excluding hydrogens is 492 g/mol. The summed E-state index contributed by atoms with van der Waals surface area (Å²) in [7, 11) is 4.99. The molecule has 1 aliphatic heterocycles. The van der Waals surface area contributed by atoms with Gasteiger partial charge in [0, 0.05) is 13.6 Å². The number of allylic oxidation sites excluding steroid dienone is 1. The maximum absolute atomic E-state index is 10.1. The van der Waals surface area contributed by atoms with Crippen LogP contribution in [0.2, 0.25) is 0 Å². The van der Waals surface area contributed by atoms with Gasteiger partial charge in [0.2, 0.25) is 11.8 Å². The monoisotopic (exact) mass is 536 g/mol. The van der Waals surface area contributed by atoms with Gasteiger partial charge in [-0.05, 0) is 82.4 Å². The fourth-order valence-corrected chi connectivity index (χ4v) is 5.02. The normalized spacial score (nSPS) is 15.6. The summed E-state index contributed by atoms with van der Waals surface area (Å²) in [4.78, 5) is 11.1. The molecule has 0 spiro atoms. The Morgan fingerprint density at radius 1 is 1.18 bits per heavy atom. The Morgan fingerprint density at radius 3 is 2.49 bits per heavy atom.